The number of hydrogen-bond donors (Lipinski definition) is 2. The van der Waals surface area contributed by atoms with Crippen molar-refractivity contribution in [3.05, 3.63) is 0 Å². The largest absolute Gasteiger partial charge is 0.359 e. The fraction of sp³-hybridized carbons (Fsp3) is 0.846. The van der Waals surface area contributed by atoms with Crippen molar-refractivity contribution in [1.82, 2.24) is 15.5 Å². The molecule has 1 atom stereocenters. The lowest BCUT2D eigenvalue weighted by atomic mass is 9.77. The zero-order valence-corrected chi connectivity index (χ0v) is 11.7. The Morgan fingerprint density at radius 2 is 2.17 bits per heavy atom. The predicted octanol–water partition coefficient (Wildman–Crippen LogP) is 0.361. The third-order valence-corrected chi connectivity index (χ3v) is 3.90. The molecular formula is C13H25N3O2. The summed E-state index contributed by atoms with van der Waals surface area (Å²) in [6.07, 6.45) is 3.21. The van der Waals surface area contributed by atoms with Gasteiger partial charge in [0.1, 0.15) is 0 Å². The minimum Gasteiger partial charge on any atom is -0.359 e. The average Bonchev–Trinajstić information content (AvgIpc) is 2.44. The van der Waals surface area contributed by atoms with E-state index >= 15 is 0 Å². The van der Waals surface area contributed by atoms with E-state index in [2.05, 4.69) is 17.6 Å². The van der Waals surface area contributed by atoms with Crippen molar-refractivity contribution >= 4 is 11.8 Å². The molecule has 2 amide bonds. The first-order valence-electron chi connectivity index (χ1n) is 6.72. The molecule has 0 aromatic rings. The van der Waals surface area contributed by atoms with Gasteiger partial charge in [0.15, 0.2) is 0 Å². The molecule has 1 heterocycles. The van der Waals surface area contributed by atoms with Crippen LogP contribution in [0.15, 0.2) is 0 Å². The monoisotopic (exact) mass is 255 g/mol. The van der Waals surface area contributed by atoms with E-state index < -0.39 is 0 Å². The number of nitrogens with zero attached hydrogens (tertiary/aromatic N) is 1. The number of amides is 2. The molecule has 0 saturated carbocycles. The number of carbonyl (C=O) groups excluding carboxylic acids is 2. The van der Waals surface area contributed by atoms with Crippen molar-refractivity contribution in [2.45, 2.75) is 32.6 Å². The number of piperidine rings is 1. The van der Waals surface area contributed by atoms with E-state index in [1.54, 1.807) is 19.0 Å². The summed E-state index contributed by atoms with van der Waals surface area (Å²) < 4.78 is 0. The van der Waals surface area contributed by atoms with Crippen LogP contribution in [0.25, 0.3) is 0 Å². The van der Waals surface area contributed by atoms with Gasteiger partial charge in [-0.3, -0.25) is 9.59 Å². The van der Waals surface area contributed by atoms with Crippen LogP contribution < -0.4 is 10.6 Å². The van der Waals surface area contributed by atoms with E-state index in [1.165, 1.54) is 0 Å². The third kappa shape index (κ3) is 3.45. The molecule has 2 N–H and O–H groups in total. The van der Waals surface area contributed by atoms with Crippen molar-refractivity contribution in [1.29, 1.82) is 0 Å². The summed E-state index contributed by atoms with van der Waals surface area (Å²) in [7, 11) is 3.40. The maximum Gasteiger partial charge on any atom is 0.229 e. The van der Waals surface area contributed by atoms with Gasteiger partial charge in [-0.05, 0) is 25.8 Å². The second kappa shape index (κ2) is 6.73. The van der Waals surface area contributed by atoms with Crippen LogP contribution in [-0.4, -0.2) is 50.4 Å². The lowest BCUT2D eigenvalue weighted by Gasteiger charge is -2.38. The van der Waals surface area contributed by atoms with Gasteiger partial charge in [0.25, 0.3) is 0 Å². The smallest absolute Gasteiger partial charge is 0.229 e. The Morgan fingerprint density at radius 3 is 2.67 bits per heavy atom. The molecule has 0 aromatic heterocycles. The molecule has 0 radical (unpaired) electrons. The molecule has 0 aliphatic carbocycles. The first-order valence-corrected chi connectivity index (χ1v) is 6.72. The van der Waals surface area contributed by atoms with Crippen molar-refractivity contribution in [2.75, 3.05) is 33.7 Å². The number of hydrogen-bond acceptors (Lipinski definition) is 3. The van der Waals surface area contributed by atoms with Gasteiger partial charge in [-0.2, -0.15) is 0 Å². The Morgan fingerprint density at radius 1 is 1.44 bits per heavy atom. The molecule has 1 aliphatic rings. The van der Waals surface area contributed by atoms with Crippen molar-refractivity contribution in [3.63, 3.8) is 0 Å². The summed E-state index contributed by atoms with van der Waals surface area (Å²) >= 11 is 0. The molecule has 104 valence electrons. The molecule has 1 saturated heterocycles. The average molecular weight is 255 g/mol. The predicted molar refractivity (Wildman–Crippen MR) is 71.1 cm³/mol. The van der Waals surface area contributed by atoms with Crippen LogP contribution in [0.3, 0.4) is 0 Å². The van der Waals surface area contributed by atoms with Crippen LogP contribution in [-0.2, 0) is 9.59 Å². The topological polar surface area (TPSA) is 61.4 Å². The van der Waals surface area contributed by atoms with Gasteiger partial charge in [-0.1, -0.05) is 6.92 Å². The summed E-state index contributed by atoms with van der Waals surface area (Å²) in [6.45, 7) is 4.31. The van der Waals surface area contributed by atoms with E-state index in [0.29, 0.717) is 13.0 Å². The highest BCUT2D eigenvalue weighted by Crippen LogP contribution is 2.31. The highest BCUT2D eigenvalue weighted by molar-refractivity contribution is 5.83. The molecular weight excluding hydrogens is 230 g/mol. The van der Waals surface area contributed by atoms with Crippen molar-refractivity contribution in [2.24, 2.45) is 5.41 Å². The Kier molecular flexibility index (Phi) is 5.59. The van der Waals surface area contributed by atoms with Crippen LogP contribution in [0.5, 0.6) is 0 Å². The quantitative estimate of drug-likeness (QED) is 0.746. The second-order valence-electron chi connectivity index (χ2n) is 5.06. The second-order valence-corrected chi connectivity index (χ2v) is 5.06. The van der Waals surface area contributed by atoms with Gasteiger partial charge in [-0.15, -0.1) is 0 Å². The summed E-state index contributed by atoms with van der Waals surface area (Å²) in [4.78, 5) is 25.4. The Balaban J connectivity index is 2.57. The lowest BCUT2D eigenvalue weighted by Crippen LogP contribution is -2.51. The van der Waals surface area contributed by atoms with Gasteiger partial charge in [-0.25, -0.2) is 0 Å². The lowest BCUT2D eigenvalue weighted by molar-refractivity contribution is -0.142. The molecule has 1 rings (SSSR count). The fourth-order valence-corrected chi connectivity index (χ4v) is 2.50. The molecule has 18 heavy (non-hydrogen) atoms. The molecule has 1 fully saturated rings. The Bertz CT molecular complexity index is 299. The Hall–Kier alpha value is -1.10. The molecule has 1 unspecified atom stereocenters. The van der Waals surface area contributed by atoms with E-state index in [1.807, 2.05) is 0 Å². The first-order chi connectivity index (χ1) is 8.55. The molecule has 0 aromatic carbocycles. The minimum absolute atomic E-state index is 0.0260. The van der Waals surface area contributed by atoms with Crippen molar-refractivity contribution < 1.29 is 9.59 Å². The summed E-state index contributed by atoms with van der Waals surface area (Å²) in [5.74, 6) is 0.142. The zero-order valence-electron chi connectivity index (χ0n) is 11.7. The SMILES string of the molecule is CCC1(C(=O)N(C)CCC(=O)NC)CCCNC1. The van der Waals surface area contributed by atoms with Gasteiger partial charge in [0.2, 0.25) is 11.8 Å². The van der Waals surface area contributed by atoms with Crippen LogP contribution >= 0.6 is 0 Å². The maximum atomic E-state index is 12.5. The van der Waals surface area contributed by atoms with E-state index in [4.69, 9.17) is 0 Å². The van der Waals surface area contributed by atoms with Gasteiger partial charge in [0.05, 0.1) is 5.41 Å². The summed E-state index contributed by atoms with van der Waals surface area (Å²) in [5.41, 5.74) is -0.268. The Labute approximate surface area is 109 Å². The standard InChI is InChI=1S/C13H25N3O2/c1-4-13(7-5-8-15-10-13)12(18)16(3)9-6-11(17)14-2/h15H,4-10H2,1-3H3,(H,14,17). The van der Waals surface area contributed by atoms with Gasteiger partial charge < -0.3 is 15.5 Å². The zero-order chi connectivity index (χ0) is 13.6. The first kappa shape index (κ1) is 15.0. The molecule has 5 heteroatoms. The molecule has 0 spiro atoms. The summed E-state index contributed by atoms with van der Waals surface area (Å²) in [6, 6.07) is 0. The number of carbonyl (C=O) groups is 2. The van der Waals surface area contributed by atoms with E-state index in [0.717, 1.165) is 32.4 Å². The molecule has 0 bridgehead atoms. The van der Waals surface area contributed by atoms with E-state index in [-0.39, 0.29) is 17.2 Å². The fourth-order valence-electron chi connectivity index (χ4n) is 2.50. The van der Waals surface area contributed by atoms with Gasteiger partial charge >= 0.3 is 0 Å². The normalized spacial score (nSPS) is 23.5. The third-order valence-electron chi connectivity index (χ3n) is 3.90. The number of rotatable bonds is 5. The van der Waals surface area contributed by atoms with E-state index in [9.17, 15) is 9.59 Å². The van der Waals surface area contributed by atoms with Gasteiger partial charge in [0, 0.05) is 33.6 Å². The molecule has 1 aliphatic heterocycles. The highest BCUT2D eigenvalue weighted by atomic mass is 16.2. The van der Waals surface area contributed by atoms with Crippen LogP contribution in [0.2, 0.25) is 0 Å². The highest BCUT2D eigenvalue weighted by Gasteiger charge is 2.39. The van der Waals surface area contributed by atoms with Crippen LogP contribution in [0.4, 0.5) is 0 Å². The number of nitrogens with one attached hydrogen (secondary N) is 2. The van der Waals surface area contributed by atoms with Crippen LogP contribution in [0.1, 0.15) is 32.6 Å². The maximum absolute atomic E-state index is 12.5. The van der Waals surface area contributed by atoms with Crippen LogP contribution in [0, 0.1) is 5.41 Å². The summed E-state index contributed by atoms with van der Waals surface area (Å²) in [5, 5.41) is 5.88. The minimum atomic E-state index is -0.268. The molecule has 5 nitrogen and oxygen atoms in total. The van der Waals surface area contributed by atoms with Crippen molar-refractivity contribution in [3.8, 4) is 0 Å².